The van der Waals surface area contributed by atoms with E-state index in [1.54, 1.807) is 55.6 Å². The molecule has 3 rings (SSSR count). The second-order valence-corrected chi connectivity index (χ2v) is 4.78. The van der Waals surface area contributed by atoms with Gasteiger partial charge in [0.1, 0.15) is 5.75 Å². The van der Waals surface area contributed by atoms with Crippen molar-refractivity contribution in [3.05, 3.63) is 59.7 Å². The van der Waals surface area contributed by atoms with Gasteiger partial charge in [0.15, 0.2) is 0 Å². The van der Waals surface area contributed by atoms with Crippen LogP contribution in [-0.4, -0.2) is 23.2 Å². The molecule has 118 valence electrons. The van der Waals surface area contributed by atoms with E-state index in [2.05, 4.69) is 15.5 Å². The molecule has 24 heavy (non-hydrogen) atoms. The zero-order valence-corrected chi connectivity index (χ0v) is 12.7. The topological polar surface area (TPSA) is 101 Å². The van der Waals surface area contributed by atoms with Gasteiger partial charge in [0.05, 0.1) is 18.7 Å². The molecule has 1 heterocycles. The first-order valence-corrected chi connectivity index (χ1v) is 6.99. The number of aromatic nitrogens is 2. The number of benzene rings is 2. The molecule has 0 saturated carbocycles. The Kier molecular flexibility index (Phi) is 4.21. The van der Waals surface area contributed by atoms with Crippen LogP contribution >= 0.6 is 0 Å². The largest absolute Gasteiger partial charge is 0.497 e. The van der Waals surface area contributed by atoms with Crippen LogP contribution in [0.2, 0.25) is 0 Å². The van der Waals surface area contributed by atoms with E-state index in [9.17, 15) is 4.79 Å². The van der Waals surface area contributed by atoms with Gasteiger partial charge in [-0.25, -0.2) is 0 Å². The van der Waals surface area contributed by atoms with Gasteiger partial charge in [0.2, 0.25) is 5.89 Å². The summed E-state index contributed by atoms with van der Waals surface area (Å²) in [5, 5.41) is 19.0. The Morgan fingerprint density at radius 1 is 1.12 bits per heavy atom. The van der Waals surface area contributed by atoms with Gasteiger partial charge in [-0.3, -0.25) is 10.1 Å². The third kappa shape index (κ3) is 3.23. The molecule has 7 heteroatoms. The molecule has 2 aromatic carbocycles. The first-order valence-electron chi connectivity index (χ1n) is 6.99. The molecule has 1 aromatic heterocycles. The second kappa shape index (κ2) is 6.62. The summed E-state index contributed by atoms with van der Waals surface area (Å²) in [7, 11) is 1.58. The van der Waals surface area contributed by atoms with Crippen LogP contribution in [-0.2, 0) is 0 Å². The molecule has 1 amide bonds. The van der Waals surface area contributed by atoms with Crippen LogP contribution in [0.1, 0.15) is 15.9 Å². The molecular weight excluding hydrogens is 308 g/mol. The van der Waals surface area contributed by atoms with Crippen LogP contribution in [0, 0.1) is 11.3 Å². The Bertz CT molecular complexity index is 893. The molecule has 0 bridgehead atoms. The summed E-state index contributed by atoms with van der Waals surface area (Å²) in [5.41, 5.74) is 1.58. The van der Waals surface area contributed by atoms with Crippen LogP contribution in [0.15, 0.2) is 52.9 Å². The summed E-state index contributed by atoms with van der Waals surface area (Å²) in [6.45, 7) is 0. The lowest BCUT2D eigenvalue weighted by atomic mass is 10.1. The minimum Gasteiger partial charge on any atom is -0.497 e. The van der Waals surface area contributed by atoms with Crippen LogP contribution in [0.25, 0.3) is 11.5 Å². The smallest absolute Gasteiger partial charge is 0.322 e. The van der Waals surface area contributed by atoms with Gasteiger partial charge in [0, 0.05) is 11.1 Å². The van der Waals surface area contributed by atoms with Crippen LogP contribution in [0.3, 0.4) is 0 Å². The Morgan fingerprint density at radius 3 is 2.46 bits per heavy atom. The maximum Gasteiger partial charge on any atom is 0.322 e. The minimum atomic E-state index is -0.399. The van der Waals surface area contributed by atoms with Crippen molar-refractivity contribution >= 4 is 11.9 Å². The summed E-state index contributed by atoms with van der Waals surface area (Å²) in [5.74, 6) is 0.602. The predicted octanol–water partition coefficient (Wildman–Crippen LogP) is 2.87. The average Bonchev–Trinajstić information content (AvgIpc) is 3.10. The van der Waals surface area contributed by atoms with Gasteiger partial charge in [-0.1, -0.05) is 5.10 Å². The highest BCUT2D eigenvalue weighted by atomic mass is 16.5. The quantitative estimate of drug-likeness (QED) is 0.793. The van der Waals surface area contributed by atoms with Crippen LogP contribution < -0.4 is 10.1 Å². The fraction of sp³-hybridized carbons (Fsp3) is 0.0588. The maximum absolute atomic E-state index is 12.1. The number of nitrogens with zero attached hydrogens (tertiary/aromatic N) is 3. The van der Waals surface area contributed by atoms with Crippen molar-refractivity contribution in [2.75, 3.05) is 12.4 Å². The van der Waals surface area contributed by atoms with Crippen molar-refractivity contribution in [2.45, 2.75) is 0 Å². The van der Waals surface area contributed by atoms with Crippen LogP contribution in [0.5, 0.6) is 5.75 Å². The molecule has 7 nitrogen and oxygen atoms in total. The lowest BCUT2D eigenvalue weighted by Crippen LogP contribution is -2.11. The number of hydrogen-bond donors (Lipinski definition) is 1. The monoisotopic (exact) mass is 320 g/mol. The Hall–Kier alpha value is -3.66. The van der Waals surface area contributed by atoms with Gasteiger partial charge in [-0.15, -0.1) is 5.10 Å². The molecule has 0 spiro atoms. The van der Waals surface area contributed by atoms with Crippen molar-refractivity contribution in [2.24, 2.45) is 0 Å². The molecule has 0 radical (unpaired) electrons. The van der Waals surface area contributed by atoms with Crippen molar-refractivity contribution in [3.63, 3.8) is 0 Å². The molecule has 0 fully saturated rings. The Balaban J connectivity index is 1.72. The summed E-state index contributed by atoms with van der Waals surface area (Å²) in [6, 6.07) is 15.3. The Morgan fingerprint density at radius 2 is 1.83 bits per heavy atom. The summed E-state index contributed by atoms with van der Waals surface area (Å²) >= 11 is 0. The standard InChI is InChI=1S/C17H12N4O3/c1-23-14-8-6-13(7-9-14)16-20-21-17(24-16)19-15(22)12-4-2-11(10-18)3-5-12/h2-9H,1H3,(H,19,21,22). The second-order valence-electron chi connectivity index (χ2n) is 4.78. The fourth-order valence-corrected chi connectivity index (χ4v) is 1.99. The average molecular weight is 320 g/mol. The van der Waals surface area contributed by atoms with Gasteiger partial charge >= 0.3 is 6.01 Å². The number of ether oxygens (including phenoxy) is 1. The molecule has 0 saturated heterocycles. The van der Waals surface area contributed by atoms with E-state index in [4.69, 9.17) is 14.4 Å². The zero-order valence-electron chi connectivity index (χ0n) is 12.7. The van der Waals surface area contributed by atoms with Crippen molar-refractivity contribution < 1.29 is 13.9 Å². The Labute approximate surface area is 137 Å². The number of carbonyl (C=O) groups excluding carboxylic acids is 1. The molecule has 0 aliphatic heterocycles. The first kappa shape index (κ1) is 15.2. The molecule has 0 atom stereocenters. The zero-order chi connectivity index (χ0) is 16.9. The highest BCUT2D eigenvalue weighted by Crippen LogP contribution is 2.22. The maximum atomic E-state index is 12.1. The van der Waals surface area contributed by atoms with E-state index in [0.29, 0.717) is 22.4 Å². The SMILES string of the molecule is COc1ccc(-c2nnc(NC(=O)c3ccc(C#N)cc3)o2)cc1. The normalized spacial score (nSPS) is 10.0. The first-order chi connectivity index (χ1) is 11.7. The van der Waals surface area contributed by atoms with E-state index >= 15 is 0 Å². The van der Waals surface area contributed by atoms with Gasteiger partial charge in [-0.2, -0.15) is 5.26 Å². The fourth-order valence-electron chi connectivity index (χ4n) is 1.99. The van der Waals surface area contributed by atoms with Crippen molar-refractivity contribution in [1.29, 1.82) is 5.26 Å². The molecule has 0 unspecified atom stereocenters. The molecule has 0 aliphatic rings. The van der Waals surface area contributed by atoms with Crippen molar-refractivity contribution in [1.82, 2.24) is 10.2 Å². The third-order valence-corrected chi connectivity index (χ3v) is 3.26. The summed E-state index contributed by atoms with van der Waals surface area (Å²) in [4.78, 5) is 12.1. The number of methoxy groups -OCH3 is 1. The van der Waals surface area contributed by atoms with Crippen molar-refractivity contribution in [3.8, 4) is 23.3 Å². The third-order valence-electron chi connectivity index (χ3n) is 3.26. The molecule has 1 N–H and O–H groups in total. The number of carbonyl (C=O) groups is 1. The number of rotatable bonds is 4. The summed E-state index contributed by atoms with van der Waals surface area (Å²) < 4.78 is 10.5. The lowest BCUT2D eigenvalue weighted by molar-refractivity contribution is 0.102. The highest BCUT2D eigenvalue weighted by Gasteiger charge is 2.13. The van der Waals surface area contributed by atoms with Gasteiger partial charge in [-0.05, 0) is 48.5 Å². The highest BCUT2D eigenvalue weighted by molar-refractivity contribution is 6.03. The lowest BCUT2D eigenvalue weighted by Gasteiger charge is -2.01. The number of nitrogens with one attached hydrogen (secondary N) is 1. The number of hydrogen-bond acceptors (Lipinski definition) is 6. The molecular formula is C17H12N4O3. The molecule has 0 aliphatic carbocycles. The van der Waals surface area contributed by atoms with E-state index in [-0.39, 0.29) is 11.9 Å². The summed E-state index contributed by atoms with van der Waals surface area (Å²) in [6.07, 6.45) is 0. The van der Waals surface area contributed by atoms with Gasteiger partial charge < -0.3 is 9.15 Å². The number of nitriles is 1. The van der Waals surface area contributed by atoms with E-state index in [0.717, 1.165) is 0 Å². The van der Waals surface area contributed by atoms with E-state index in [1.165, 1.54) is 0 Å². The predicted molar refractivity (Wildman–Crippen MR) is 85.4 cm³/mol. The van der Waals surface area contributed by atoms with E-state index in [1.807, 2.05) is 6.07 Å². The molecule has 3 aromatic rings. The van der Waals surface area contributed by atoms with Gasteiger partial charge in [0.25, 0.3) is 5.91 Å². The number of anilines is 1. The number of amides is 1. The van der Waals surface area contributed by atoms with E-state index < -0.39 is 5.91 Å². The van der Waals surface area contributed by atoms with Crippen LogP contribution in [0.4, 0.5) is 6.01 Å². The minimum absolute atomic E-state index is 0.00447.